The normalized spacial score (nSPS) is 12.1. The van der Waals surface area contributed by atoms with Crippen LogP contribution in [0.2, 0.25) is 0 Å². The minimum Gasteiger partial charge on any atom is -0.493 e. The molecule has 3 heteroatoms. The number of nitrogens with zero attached hydrogens (tertiary/aromatic N) is 2. The molecule has 0 bridgehead atoms. The molecule has 0 aliphatic rings. The summed E-state index contributed by atoms with van der Waals surface area (Å²) in [5.41, 5.74) is 2.09. The fourth-order valence-electron chi connectivity index (χ4n) is 2.05. The topological polar surface area (TPSA) is 38.0 Å². The van der Waals surface area contributed by atoms with E-state index in [2.05, 4.69) is 46.6 Å². The van der Waals surface area contributed by atoms with E-state index in [1.165, 1.54) is 0 Å². The van der Waals surface area contributed by atoms with E-state index in [4.69, 9.17) is 0 Å². The molecular weight excluding hydrogens is 212 g/mol. The van der Waals surface area contributed by atoms with Crippen LogP contribution in [0.3, 0.4) is 0 Å². The van der Waals surface area contributed by atoms with Crippen LogP contribution >= 0.6 is 0 Å². The molecule has 17 heavy (non-hydrogen) atoms. The molecule has 1 aromatic rings. The molecule has 0 radical (unpaired) electrons. The van der Waals surface area contributed by atoms with Crippen molar-refractivity contribution in [1.82, 2.24) is 9.78 Å². The van der Waals surface area contributed by atoms with Crippen molar-refractivity contribution in [3.8, 4) is 5.88 Å². The van der Waals surface area contributed by atoms with E-state index in [9.17, 15) is 5.11 Å². The van der Waals surface area contributed by atoms with Gasteiger partial charge in [0, 0.05) is 12.1 Å². The average Bonchev–Trinajstić information content (AvgIpc) is 2.45. The zero-order valence-electron chi connectivity index (χ0n) is 12.0. The maximum atomic E-state index is 10.3. The minimum absolute atomic E-state index is 0.364. The Hall–Kier alpha value is -0.990. The van der Waals surface area contributed by atoms with E-state index in [1.807, 2.05) is 0 Å². The van der Waals surface area contributed by atoms with E-state index >= 15 is 0 Å². The molecule has 1 rings (SSSR count). The second-order valence-electron chi connectivity index (χ2n) is 6.02. The van der Waals surface area contributed by atoms with Crippen molar-refractivity contribution in [2.45, 2.75) is 60.4 Å². The Labute approximate surface area is 105 Å². The highest BCUT2D eigenvalue weighted by Crippen LogP contribution is 2.29. The zero-order valence-corrected chi connectivity index (χ0v) is 12.0. The molecule has 0 spiro atoms. The minimum atomic E-state index is 0.364. The van der Waals surface area contributed by atoms with Crippen molar-refractivity contribution in [1.29, 1.82) is 0 Å². The van der Waals surface area contributed by atoms with Crippen molar-refractivity contribution >= 4 is 0 Å². The summed E-state index contributed by atoms with van der Waals surface area (Å²) < 4.78 is 1.76. The smallest absolute Gasteiger partial charge is 0.212 e. The van der Waals surface area contributed by atoms with Gasteiger partial charge in [-0.1, -0.05) is 41.5 Å². The van der Waals surface area contributed by atoms with E-state index < -0.39 is 0 Å². The van der Waals surface area contributed by atoms with E-state index in [1.54, 1.807) is 4.68 Å². The molecule has 1 N–H and O–H groups in total. The van der Waals surface area contributed by atoms with Gasteiger partial charge in [0.2, 0.25) is 5.88 Å². The van der Waals surface area contributed by atoms with Crippen LogP contribution in [0.1, 0.15) is 58.7 Å². The molecule has 0 aliphatic heterocycles. The predicted octanol–water partition coefficient (Wildman–Crippen LogP) is 3.57. The van der Waals surface area contributed by atoms with E-state index in [-0.39, 0.29) is 0 Å². The molecule has 0 amide bonds. The van der Waals surface area contributed by atoms with Crippen LogP contribution in [-0.4, -0.2) is 14.9 Å². The molecule has 3 nitrogen and oxygen atoms in total. The maximum absolute atomic E-state index is 10.3. The zero-order chi connectivity index (χ0) is 13.2. The summed E-state index contributed by atoms with van der Waals surface area (Å²) >= 11 is 0. The van der Waals surface area contributed by atoms with Gasteiger partial charge in [0.05, 0.1) is 5.69 Å². The van der Waals surface area contributed by atoms with Crippen LogP contribution in [0.25, 0.3) is 0 Å². The summed E-state index contributed by atoms with van der Waals surface area (Å²) in [5.74, 6) is 1.77. The second-order valence-corrected chi connectivity index (χ2v) is 6.02. The van der Waals surface area contributed by atoms with Crippen LogP contribution in [-0.2, 0) is 13.0 Å². The Morgan fingerprint density at radius 3 is 2.06 bits per heavy atom. The number of rotatable bonds is 5. The first-order chi connectivity index (χ1) is 7.82. The van der Waals surface area contributed by atoms with E-state index in [0.717, 1.165) is 24.2 Å². The van der Waals surface area contributed by atoms with Crippen molar-refractivity contribution in [2.24, 2.45) is 11.8 Å². The summed E-state index contributed by atoms with van der Waals surface area (Å²) in [5, 5.41) is 14.8. The summed E-state index contributed by atoms with van der Waals surface area (Å²) in [6, 6.07) is 0. The first kappa shape index (κ1) is 14.1. The van der Waals surface area contributed by atoms with Crippen LogP contribution in [0, 0.1) is 11.8 Å². The quantitative estimate of drug-likeness (QED) is 0.851. The van der Waals surface area contributed by atoms with Crippen molar-refractivity contribution in [2.75, 3.05) is 0 Å². The Balaban J connectivity index is 3.11. The van der Waals surface area contributed by atoms with E-state index in [0.29, 0.717) is 23.6 Å². The molecule has 98 valence electrons. The predicted molar refractivity (Wildman–Crippen MR) is 71.4 cm³/mol. The second kappa shape index (κ2) is 5.56. The summed E-state index contributed by atoms with van der Waals surface area (Å²) in [4.78, 5) is 0. The number of aromatic hydroxyl groups is 1. The molecule has 0 fully saturated rings. The van der Waals surface area contributed by atoms with Gasteiger partial charge in [0.1, 0.15) is 0 Å². The van der Waals surface area contributed by atoms with Gasteiger partial charge in [-0.05, 0) is 24.2 Å². The standard InChI is InChI=1S/C14H26N2O/c1-9(2)7-12-13(11(5)6)15-16(14(12)17)8-10(3)4/h9-11,17H,7-8H2,1-6H3. The fourth-order valence-corrected chi connectivity index (χ4v) is 2.05. The largest absolute Gasteiger partial charge is 0.493 e. The highest BCUT2D eigenvalue weighted by molar-refractivity contribution is 5.33. The van der Waals surface area contributed by atoms with Gasteiger partial charge in [-0.25, -0.2) is 4.68 Å². The van der Waals surface area contributed by atoms with Crippen LogP contribution in [0.4, 0.5) is 0 Å². The summed E-state index contributed by atoms with van der Waals surface area (Å²) in [6.45, 7) is 13.7. The lowest BCUT2D eigenvalue weighted by molar-refractivity contribution is 0.366. The highest BCUT2D eigenvalue weighted by Gasteiger charge is 2.20. The van der Waals surface area contributed by atoms with Gasteiger partial charge in [0.15, 0.2) is 0 Å². The first-order valence-corrected chi connectivity index (χ1v) is 6.61. The number of hydrogen-bond donors (Lipinski definition) is 1. The highest BCUT2D eigenvalue weighted by atomic mass is 16.3. The monoisotopic (exact) mass is 238 g/mol. The third-order valence-electron chi connectivity index (χ3n) is 2.75. The lowest BCUT2D eigenvalue weighted by Gasteiger charge is -2.08. The summed E-state index contributed by atoms with van der Waals surface area (Å²) in [7, 11) is 0. The van der Waals surface area contributed by atoms with Crippen LogP contribution < -0.4 is 0 Å². The molecule has 0 unspecified atom stereocenters. The van der Waals surface area contributed by atoms with Gasteiger partial charge in [0.25, 0.3) is 0 Å². The SMILES string of the molecule is CC(C)Cc1c(C(C)C)nn(CC(C)C)c1O. The Morgan fingerprint density at radius 1 is 1.06 bits per heavy atom. The third-order valence-corrected chi connectivity index (χ3v) is 2.75. The average molecular weight is 238 g/mol. The van der Waals surface area contributed by atoms with Crippen molar-refractivity contribution < 1.29 is 5.11 Å². The van der Waals surface area contributed by atoms with Gasteiger partial charge >= 0.3 is 0 Å². The van der Waals surface area contributed by atoms with Crippen LogP contribution in [0.5, 0.6) is 5.88 Å². The molecule has 1 aromatic heterocycles. The first-order valence-electron chi connectivity index (χ1n) is 6.61. The number of hydrogen-bond acceptors (Lipinski definition) is 2. The number of aromatic nitrogens is 2. The van der Waals surface area contributed by atoms with Gasteiger partial charge < -0.3 is 5.11 Å². The van der Waals surface area contributed by atoms with Crippen LogP contribution in [0.15, 0.2) is 0 Å². The van der Waals surface area contributed by atoms with Gasteiger partial charge in [-0.15, -0.1) is 0 Å². The lowest BCUT2D eigenvalue weighted by atomic mass is 9.98. The molecular formula is C14H26N2O. The maximum Gasteiger partial charge on any atom is 0.212 e. The lowest BCUT2D eigenvalue weighted by Crippen LogP contribution is -2.06. The van der Waals surface area contributed by atoms with Gasteiger partial charge in [-0.2, -0.15) is 5.10 Å². The van der Waals surface area contributed by atoms with Gasteiger partial charge in [-0.3, -0.25) is 0 Å². The van der Waals surface area contributed by atoms with Crippen molar-refractivity contribution in [3.63, 3.8) is 0 Å². The Kier molecular flexibility index (Phi) is 4.61. The molecule has 0 aliphatic carbocycles. The Morgan fingerprint density at radius 2 is 1.65 bits per heavy atom. The third kappa shape index (κ3) is 3.48. The van der Waals surface area contributed by atoms with Crippen molar-refractivity contribution in [3.05, 3.63) is 11.3 Å². The fraction of sp³-hybridized carbons (Fsp3) is 0.786. The summed E-state index contributed by atoms with van der Waals surface area (Å²) in [6.07, 6.45) is 0.900. The molecule has 0 saturated carbocycles. The molecule has 0 saturated heterocycles. The molecule has 0 atom stereocenters. The Bertz CT molecular complexity index is 365. The molecule has 0 aromatic carbocycles. The molecule has 1 heterocycles.